The van der Waals surface area contributed by atoms with Crippen LogP contribution in [0.1, 0.15) is 5.56 Å². The Hall–Kier alpha value is -2.00. The van der Waals surface area contributed by atoms with Gasteiger partial charge in [-0.15, -0.1) is 0 Å². The van der Waals surface area contributed by atoms with Crippen molar-refractivity contribution in [3.05, 3.63) is 59.2 Å². The molecule has 3 nitrogen and oxygen atoms in total. The molecular weight excluding hydrogens is 258 g/mol. The largest absolute Gasteiger partial charge is 0.381 e. The normalized spacial score (nSPS) is 10.8. The average Bonchev–Trinajstić information content (AvgIpc) is 2.78. The molecule has 0 fully saturated rings. The third-order valence-electron chi connectivity index (χ3n) is 3.13. The Morgan fingerprint density at radius 2 is 2.11 bits per heavy atom. The Morgan fingerprint density at radius 3 is 2.95 bits per heavy atom. The van der Waals surface area contributed by atoms with Crippen LogP contribution in [0.25, 0.3) is 10.9 Å². The number of hydrogen-bond donors (Lipinski definition) is 1. The van der Waals surface area contributed by atoms with Crippen LogP contribution in [0, 0.1) is 0 Å². The van der Waals surface area contributed by atoms with Crippen molar-refractivity contribution in [1.29, 1.82) is 0 Å². The second-order valence-corrected chi connectivity index (χ2v) is 4.96. The van der Waals surface area contributed by atoms with Crippen LogP contribution in [-0.4, -0.2) is 9.78 Å². The van der Waals surface area contributed by atoms with E-state index in [4.69, 9.17) is 11.6 Å². The topological polar surface area (TPSA) is 29.9 Å². The molecule has 1 heterocycles. The fourth-order valence-electron chi connectivity index (χ4n) is 2.12. The minimum absolute atomic E-state index is 0.756. The molecule has 19 heavy (non-hydrogen) atoms. The first-order valence-corrected chi connectivity index (χ1v) is 6.50. The third kappa shape index (κ3) is 2.56. The second-order valence-electron chi connectivity index (χ2n) is 4.53. The molecule has 0 bridgehead atoms. The van der Waals surface area contributed by atoms with Gasteiger partial charge in [0, 0.05) is 29.7 Å². The van der Waals surface area contributed by atoms with Crippen molar-refractivity contribution in [2.24, 2.45) is 7.05 Å². The van der Waals surface area contributed by atoms with Gasteiger partial charge in [-0.2, -0.15) is 5.10 Å². The van der Waals surface area contributed by atoms with Gasteiger partial charge in [-0.25, -0.2) is 0 Å². The van der Waals surface area contributed by atoms with E-state index >= 15 is 0 Å². The van der Waals surface area contributed by atoms with Gasteiger partial charge < -0.3 is 5.32 Å². The Balaban J connectivity index is 1.78. The highest BCUT2D eigenvalue weighted by Crippen LogP contribution is 2.19. The molecule has 0 saturated heterocycles. The van der Waals surface area contributed by atoms with Gasteiger partial charge in [0.2, 0.25) is 0 Å². The second kappa shape index (κ2) is 4.94. The summed E-state index contributed by atoms with van der Waals surface area (Å²) in [5.74, 6) is 0. The quantitative estimate of drug-likeness (QED) is 0.784. The number of aromatic nitrogens is 2. The third-order valence-corrected chi connectivity index (χ3v) is 3.37. The van der Waals surface area contributed by atoms with E-state index in [2.05, 4.69) is 34.7 Å². The van der Waals surface area contributed by atoms with Crippen LogP contribution in [0.5, 0.6) is 0 Å². The molecule has 1 N–H and O–H groups in total. The number of nitrogens with one attached hydrogen (secondary N) is 1. The molecule has 0 spiro atoms. The van der Waals surface area contributed by atoms with Crippen LogP contribution in [0.15, 0.2) is 48.7 Å². The van der Waals surface area contributed by atoms with E-state index < -0.39 is 0 Å². The van der Waals surface area contributed by atoms with Crippen LogP contribution in [-0.2, 0) is 13.6 Å². The molecule has 0 aliphatic carbocycles. The number of aryl methyl sites for hydroxylation is 1. The maximum atomic E-state index is 5.97. The minimum Gasteiger partial charge on any atom is -0.381 e. The van der Waals surface area contributed by atoms with E-state index in [1.807, 2.05) is 36.1 Å². The first-order valence-electron chi connectivity index (χ1n) is 6.12. The number of nitrogens with zero attached hydrogens (tertiary/aromatic N) is 2. The Morgan fingerprint density at radius 1 is 1.21 bits per heavy atom. The summed E-state index contributed by atoms with van der Waals surface area (Å²) in [4.78, 5) is 0. The average molecular weight is 272 g/mol. The van der Waals surface area contributed by atoms with Crippen molar-refractivity contribution in [3.8, 4) is 0 Å². The zero-order valence-corrected chi connectivity index (χ0v) is 11.4. The van der Waals surface area contributed by atoms with Crippen LogP contribution < -0.4 is 5.32 Å². The Kier molecular flexibility index (Phi) is 3.13. The molecule has 0 aliphatic heterocycles. The summed E-state index contributed by atoms with van der Waals surface area (Å²) in [6.07, 6.45) is 1.87. The summed E-state index contributed by atoms with van der Waals surface area (Å²) >= 11 is 5.97. The van der Waals surface area contributed by atoms with Gasteiger partial charge in [-0.05, 0) is 35.9 Å². The number of fused-ring (bicyclic) bond motifs is 1. The van der Waals surface area contributed by atoms with Gasteiger partial charge >= 0.3 is 0 Å². The van der Waals surface area contributed by atoms with Gasteiger partial charge in [0.25, 0.3) is 0 Å². The predicted molar refractivity (Wildman–Crippen MR) is 79.5 cm³/mol. The van der Waals surface area contributed by atoms with Crippen molar-refractivity contribution in [2.75, 3.05) is 5.32 Å². The summed E-state index contributed by atoms with van der Waals surface area (Å²) in [6, 6.07) is 14.1. The van der Waals surface area contributed by atoms with Gasteiger partial charge in [0.15, 0.2) is 0 Å². The molecule has 0 radical (unpaired) electrons. The molecule has 3 aromatic rings. The number of anilines is 1. The maximum absolute atomic E-state index is 5.97. The van der Waals surface area contributed by atoms with Crippen molar-refractivity contribution in [1.82, 2.24) is 9.78 Å². The van der Waals surface area contributed by atoms with E-state index in [0.717, 1.165) is 28.2 Å². The van der Waals surface area contributed by atoms with E-state index in [1.54, 1.807) is 0 Å². The van der Waals surface area contributed by atoms with Crippen LogP contribution >= 0.6 is 11.6 Å². The van der Waals surface area contributed by atoms with Crippen molar-refractivity contribution in [3.63, 3.8) is 0 Å². The van der Waals surface area contributed by atoms with E-state index in [0.29, 0.717) is 0 Å². The molecule has 1 aromatic heterocycles. The summed E-state index contributed by atoms with van der Waals surface area (Å²) in [7, 11) is 1.95. The molecule has 0 unspecified atom stereocenters. The fourth-order valence-corrected chi connectivity index (χ4v) is 2.34. The van der Waals surface area contributed by atoms with Crippen LogP contribution in [0.3, 0.4) is 0 Å². The first-order chi connectivity index (χ1) is 9.22. The van der Waals surface area contributed by atoms with Crippen molar-refractivity contribution >= 4 is 28.2 Å². The lowest BCUT2D eigenvalue weighted by Gasteiger charge is -2.07. The molecule has 2 aromatic carbocycles. The zero-order valence-electron chi connectivity index (χ0n) is 10.6. The molecule has 0 atom stereocenters. The highest BCUT2D eigenvalue weighted by molar-refractivity contribution is 6.30. The summed E-state index contributed by atoms with van der Waals surface area (Å²) < 4.78 is 1.87. The summed E-state index contributed by atoms with van der Waals surface area (Å²) in [5.41, 5.74) is 3.38. The Labute approximate surface area is 116 Å². The van der Waals surface area contributed by atoms with E-state index in [9.17, 15) is 0 Å². The van der Waals surface area contributed by atoms with Crippen molar-refractivity contribution < 1.29 is 0 Å². The molecule has 0 amide bonds. The highest BCUT2D eigenvalue weighted by Gasteiger charge is 2.01. The zero-order chi connectivity index (χ0) is 13.2. The monoisotopic (exact) mass is 271 g/mol. The number of benzene rings is 2. The van der Waals surface area contributed by atoms with Crippen molar-refractivity contribution in [2.45, 2.75) is 6.54 Å². The lowest BCUT2D eigenvalue weighted by atomic mass is 10.2. The maximum Gasteiger partial charge on any atom is 0.0680 e. The number of rotatable bonds is 3. The van der Waals surface area contributed by atoms with E-state index in [1.165, 1.54) is 5.56 Å². The molecule has 4 heteroatoms. The lowest BCUT2D eigenvalue weighted by molar-refractivity contribution is 0.797. The van der Waals surface area contributed by atoms with Gasteiger partial charge in [0.05, 0.1) is 11.7 Å². The van der Waals surface area contributed by atoms with Crippen LogP contribution in [0.2, 0.25) is 5.02 Å². The SMILES string of the molecule is Cn1ncc2cc(NCc3cccc(Cl)c3)ccc21. The van der Waals surface area contributed by atoms with Gasteiger partial charge in [-0.1, -0.05) is 23.7 Å². The number of halogens is 1. The summed E-state index contributed by atoms with van der Waals surface area (Å²) in [5, 5.41) is 9.54. The highest BCUT2D eigenvalue weighted by atomic mass is 35.5. The van der Waals surface area contributed by atoms with E-state index in [-0.39, 0.29) is 0 Å². The van der Waals surface area contributed by atoms with Crippen LogP contribution in [0.4, 0.5) is 5.69 Å². The minimum atomic E-state index is 0.756. The molecular formula is C15H14ClN3. The fraction of sp³-hybridized carbons (Fsp3) is 0.133. The molecule has 3 rings (SSSR count). The van der Waals surface area contributed by atoms with Gasteiger partial charge in [-0.3, -0.25) is 4.68 Å². The molecule has 0 aliphatic rings. The summed E-state index contributed by atoms with van der Waals surface area (Å²) in [6.45, 7) is 0.756. The standard InChI is InChI=1S/C15H14ClN3/c1-19-15-6-5-14(8-12(15)10-18-19)17-9-11-3-2-4-13(16)7-11/h2-8,10,17H,9H2,1H3. The predicted octanol–water partition coefficient (Wildman–Crippen LogP) is 3.84. The first kappa shape index (κ1) is 12.1. The number of hydrogen-bond acceptors (Lipinski definition) is 2. The molecule has 0 saturated carbocycles. The lowest BCUT2D eigenvalue weighted by Crippen LogP contribution is -1.99. The Bertz CT molecular complexity index is 718. The smallest absolute Gasteiger partial charge is 0.0680 e. The van der Waals surface area contributed by atoms with Gasteiger partial charge in [0.1, 0.15) is 0 Å². The molecule has 96 valence electrons.